The largest absolute Gasteiger partial charge is 0.469 e. The highest BCUT2D eigenvalue weighted by Crippen LogP contribution is 2.12. The van der Waals surface area contributed by atoms with Crippen molar-refractivity contribution in [2.24, 2.45) is 0 Å². The van der Waals surface area contributed by atoms with E-state index in [4.69, 9.17) is 0 Å². The number of hydrogen-bond donors (Lipinski definition) is 1. The molecule has 0 radical (unpaired) electrons. The SMILES string of the molecule is CCN(Cc1cccc(F)c1)C(=O)CN1CCNC(=O)C1CC(=O)OC. The maximum Gasteiger partial charge on any atom is 0.307 e. The standard InChI is InChI=1S/C18H24FN3O4/c1-3-21(11-13-5-4-6-14(19)9-13)16(23)12-22-8-7-20-18(25)15(22)10-17(24)26-2/h4-6,9,15H,3,7-8,10-12H2,1-2H3,(H,20,25). The molecular formula is C18H24FN3O4. The average molecular weight is 365 g/mol. The normalized spacial score (nSPS) is 17.5. The van der Waals surface area contributed by atoms with Gasteiger partial charge in [-0.25, -0.2) is 4.39 Å². The molecule has 1 fully saturated rings. The van der Waals surface area contributed by atoms with E-state index in [1.165, 1.54) is 19.2 Å². The lowest BCUT2D eigenvalue weighted by molar-refractivity contribution is -0.147. The topological polar surface area (TPSA) is 79.0 Å². The maximum atomic E-state index is 13.3. The second-order valence-electron chi connectivity index (χ2n) is 6.10. The minimum absolute atomic E-state index is 0.0121. The van der Waals surface area contributed by atoms with E-state index in [1.54, 1.807) is 21.9 Å². The number of hydrogen-bond acceptors (Lipinski definition) is 5. The van der Waals surface area contributed by atoms with E-state index in [2.05, 4.69) is 10.1 Å². The van der Waals surface area contributed by atoms with E-state index < -0.39 is 12.0 Å². The van der Waals surface area contributed by atoms with Crippen molar-refractivity contribution in [3.05, 3.63) is 35.6 Å². The summed E-state index contributed by atoms with van der Waals surface area (Å²) in [7, 11) is 1.26. The molecule has 7 nitrogen and oxygen atoms in total. The lowest BCUT2D eigenvalue weighted by Crippen LogP contribution is -2.58. The Bertz CT molecular complexity index is 668. The molecule has 1 saturated heterocycles. The van der Waals surface area contributed by atoms with Gasteiger partial charge >= 0.3 is 5.97 Å². The van der Waals surface area contributed by atoms with Gasteiger partial charge in [0.2, 0.25) is 11.8 Å². The van der Waals surface area contributed by atoms with Crippen LogP contribution in [0.3, 0.4) is 0 Å². The zero-order chi connectivity index (χ0) is 19.1. The highest BCUT2D eigenvalue weighted by Gasteiger charge is 2.33. The molecule has 0 aromatic heterocycles. The highest BCUT2D eigenvalue weighted by molar-refractivity contribution is 5.88. The van der Waals surface area contributed by atoms with Crippen LogP contribution in [0.25, 0.3) is 0 Å². The quantitative estimate of drug-likeness (QED) is 0.714. The van der Waals surface area contributed by atoms with Crippen molar-refractivity contribution < 1.29 is 23.5 Å². The van der Waals surface area contributed by atoms with Crippen molar-refractivity contribution in [3.63, 3.8) is 0 Å². The van der Waals surface area contributed by atoms with Crippen LogP contribution >= 0.6 is 0 Å². The second-order valence-corrected chi connectivity index (χ2v) is 6.10. The van der Waals surface area contributed by atoms with E-state index >= 15 is 0 Å². The van der Waals surface area contributed by atoms with E-state index in [0.29, 0.717) is 25.2 Å². The number of carbonyl (C=O) groups excluding carboxylic acids is 3. The van der Waals surface area contributed by atoms with Gasteiger partial charge in [-0.05, 0) is 24.6 Å². The number of nitrogens with zero attached hydrogens (tertiary/aromatic N) is 2. The Morgan fingerprint density at radius 1 is 1.42 bits per heavy atom. The molecule has 1 N–H and O–H groups in total. The van der Waals surface area contributed by atoms with Crippen LogP contribution in [0, 0.1) is 5.82 Å². The van der Waals surface area contributed by atoms with Crippen molar-refractivity contribution >= 4 is 17.8 Å². The molecule has 1 aliphatic heterocycles. The average Bonchev–Trinajstić information content (AvgIpc) is 2.62. The molecule has 142 valence electrons. The van der Waals surface area contributed by atoms with Gasteiger partial charge in [0.1, 0.15) is 11.9 Å². The predicted molar refractivity (Wildman–Crippen MR) is 92.5 cm³/mol. The summed E-state index contributed by atoms with van der Waals surface area (Å²) in [4.78, 5) is 39.6. The Balaban J connectivity index is 2.04. The van der Waals surface area contributed by atoms with E-state index in [0.717, 1.165) is 0 Å². The number of carbonyl (C=O) groups is 3. The molecule has 1 atom stereocenters. The summed E-state index contributed by atoms with van der Waals surface area (Å²) in [6, 6.07) is 5.38. The second kappa shape index (κ2) is 9.28. The van der Waals surface area contributed by atoms with Gasteiger partial charge < -0.3 is 15.0 Å². The molecule has 26 heavy (non-hydrogen) atoms. The van der Waals surface area contributed by atoms with Crippen LogP contribution in [0.4, 0.5) is 4.39 Å². The summed E-state index contributed by atoms with van der Waals surface area (Å²) >= 11 is 0. The van der Waals surface area contributed by atoms with Gasteiger partial charge in [0.15, 0.2) is 0 Å². The molecule has 2 amide bonds. The summed E-state index contributed by atoms with van der Waals surface area (Å²) in [6.07, 6.45) is -0.106. The Morgan fingerprint density at radius 3 is 2.85 bits per heavy atom. The summed E-state index contributed by atoms with van der Waals surface area (Å²) in [6.45, 7) is 3.48. The number of halogens is 1. The molecule has 0 spiro atoms. The third-order valence-electron chi connectivity index (χ3n) is 4.36. The third-order valence-corrected chi connectivity index (χ3v) is 4.36. The molecule has 1 aliphatic rings. The van der Waals surface area contributed by atoms with Crippen LogP contribution in [0.5, 0.6) is 0 Å². The van der Waals surface area contributed by atoms with Crippen LogP contribution in [0.15, 0.2) is 24.3 Å². The van der Waals surface area contributed by atoms with Crippen LogP contribution in [-0.4, -0.2) is 66.9 Å². The van der Waals surface area contributed by atoms with Crippen LogP contribution in [-0.2, 0) is 25.7 Å². The lowest BCUT2D eigenvalue weighted by atomic mass is 10.1. The van der Waals surface area contributed by atoms with E-state index in [-0.39, 0.29) is 37.1 Å². The Kier molecular flexibility index (Phi) is 7.08. The van der Waals surface area contributed by atoms with E-state index in [1.807, 2.05) is 6.92 Å². The van der Waals surface area contributed by atoms with E-state index in [9.17, 15) is 18.8 Å². The first kappa shape index (κ1) is 19.8. The number of methoxy groups -OCH3 is 1. The van der Waals surface area contributed by atoms with Crippen molar-refractivity contribution in [1.29, 1.82) is 0 Å². The number of benzene rings is 1. The molecule has 1 heterocycles. The van der Waals surface area contributed by atoms with Crippen LogP contribution in [0.1, 0.15) is 18.9 Å². The molecule has 0 aliphatic carbocycles. The smallest absolute Gasteiger partial charge is 0.307 e. The minimum atomic E-state index is -0.729. The Labute approximate surface area is 152 Å². The number of likely N-dealkylation sites (N-methyl/N-ethyl adjacent to an activating group) is 1. The van der Waals surface area contributed by atoms with Crippen molar-refractivity contribution in [2.45, 2.75) is 25.9 Å². The highest BCUT2D eigenvalue weighted by atomic mass is 19.1. The lowest BCUT2D eigenvalue weighted by Gasteiger charge is -2.35. The summed E-state index contributed by atoms with van der Waals surface area (Å²) < 4.78 is 18.0. The zero-order valence-electron chi connectivity index (χ0n) is 15.0. The zero-order valence-corrected chi connectivity index (χ0v) is 15.0. The van der Waals surface area contributed by atoms with Crippen molar-refractivity contribution in [1.82, 2.24) is 15.1 Å². The Morgan fingerprint density at radius 2 is 2.19 bits per heavy atom. The molecule has 1 aromatic rings. The van der Waals surface area contributed by atoms with Gasteiger partial charge in [-0.1, -0.05) is 12.1 Å². The monoisotopic (exact) mass is 365 g/mol. The molecule has 0 bridgehead atoms. The van der Waals surface area contributed by atoms with Gasteiger partial charge in [-0.3, -0.25) is 19.3 Å². The number of amides is 2. The first-order chi connectivity index (χ1) is 12.4. The maximum absolute atomic E-state index is 13.3. The summed E-state index contributed by atoms with van der Waals surface area (Å²) in [5, 5.41) is 2.70. The molecule has 1 aromatic carbocycles. The fourth-order valence-corrected chi connectivity index (χ4v) is 2.92. The molecule has 8 heteroatoms. The molecule has 1 unspecified atom stereocenters. The fraction of sp³-hybridized carbons (Fsp3) is 0.500. The predicted octanol–water partition coefficient (Wildman–Crippen LogP) is 0.538. The third kappa shape index (κ3) is 5.26. The number of nitrogens with one attached hydrogen (secondary N) is 1. The first-order valence-corrected chi connectivity index (χ1v) is 8.55. The fourth-order valence-electron chi connectivity index (χ4n) is 2.92. The van der Waals surface area contributed by atoms with Crippen LogP contribution < -0.4 is 5.32 Å². The van der Waals surface area contributed by atoms with Crippen molar-refractivity contribution in [2.75, 3.05) is 33.3 Å². The number of rotatable bonds is 7. The Hall–Kier alpha value is -2.48. The number of esters is 1. The summed E-state index contributed by atoms with van der Waals surface area (Å²) in [5.74, 6) is -1.32. The van der Waals surface area contributed by atoms with Gasteiger partial charge in [0.05, 0.1) is 20.1 Å². The number of piperazine rings is 1. The molecular weight excluding hydrogens is 341 g/mol. The first-order valence-electron chi connectivity index (χ1n) is 8.55. The minimum Gasteiger partial charge on any atom is -0.469 e. The van der Waals surface area contributed by atoms with Gasteiger partial charge in [0, 0.05) is 26.2 Å². The summed E-state index contributed by atoms with van der Waals surface area (Å²) in [5.41, 5.74) is 0.697. The van der Waals surface area contributed by atoms with Crippen LogP contribution in [0.2, 0.25) is 0 Å². The molecule has 2 rings (SSSR count). The van der Waals surface area contributed by atoms with Gasteiger partial charge in [-0.15, -0.1) is 0 Å². The van der Waals surface area contributed by atoms with Gasteiger partial charge in [0.25, 0.3) is 0 Å². The number of ether oxygens (including phenoxy) is 1. The molecule has 0 saturated carbocycles. The van der Waals surface area contributed by atoms with Gasteiger partial charge in [-0.2, -0.15) is 0 Å². The van der Waals surface area contributed by atoms with Crippen molar-refractivity contribution in [3.8, 4) is 0 Å².